The van der Waals surface area contributed by atoms with Gasteiger partial charge in [-0.1, -0.05) is 0 Å². The van der Waals surface area contributed by atoms with Crippen LogP contribution in [0.15, 0.2) is 0 Å². The van der Waals surface area contributed by atoms with Crippen LogP contribution in [0.3, 0.4) is 0 Å². The summed E-state index contributed by atoms with van der Waals surface area (Å²) in [5.74, 6) is -0.194. The van der Waals surface area contributed by atoms with Gasteiger partial charge in [-0.05, 0) is 13.3 Å². The second-order valence-electron chi connectivity index (χ2n) is 2.78. The average Bonchev–Trinajstić information content (AvgIpc) is 2.55. The summed E-state index contributed by atoms with van der Waals surface area (Å²) in [4.78, 5) is 11.1. The zero-order valence-electron chi connectivity index (χ0n) is 7.09. The van der Waals surface area contributed by atoms with Crippen molar-refractivity contribution in [1.82, 2.24) is 0 Å². The van der Waals surface area contributed by atoms with Crippen molar-refractivity contribution in [2.45, 2.75) is 18.7 Å². The second kappa shape index (κ2) is 4.67. The van der Waals surface area contributed by atoms with Gasteiger partial charge in [0.15, 0.2) is 0 Å². The molecular formula is C8H13ClO3. The van der Waals surface area contributed by atoms with Gasteiger partial charge in [0.25, 0.3) is 0 Å². The van der Waals surface area contributed by atoms with Crippen LogP contribution in [-0.4, -0.2) is 31.2 Å². The Labute approximate surface area is 77.0 Å². The maximum atomic E-state index is 11.1. The Bertz CT molecular complexity index is 154. The molecular weight excluding hydrogens is 180 g/mol. The SMILES string of the molecule is CCOC(=O)C(Cl)C1CCOC1. The lowest BCUT2D eigenvalue weighted by Crippen LogP contribution is -2.26. The van der Waals surface area contributed by atoms with Gasteiger partial charge >= 0.3 is 5.97 Å². The first-order chi connectivity index (χ1) is 5.75. The maximum absolute atomic E-state index is 11.1. The molecule has 2 unspecified atom stereocenters. The molecule has 0 amide bonds. The lowest BCUT2D eigenvalue weighted by molar-refractivity contribution is -0.143. The molecule has 0 saturated carbocycles. The molecule has 0 aromatic carbocycles. The van der Waals surface area contributed by atoms with Crippen molar-refractivity contribution in [2.24, 2.45) is 5.92 Å². The van der Waals surface area contributed by atoms with Gasteiger partial charge in [0.1, 0.15) is 5.38 Å². The second-order valence-corrected chi connectivity index (χ2v) is 3.25. The Morgan fingerprint density at radius 2 is 2.58 bits per heavy atom. The van der Waals surface area contributed by atoms with Crippen LogP contribution in [0.4, 0.5) is 0 Å². The maximum Gasteiger partial charge on any atom is 0.324 e. The first-order valence-electron chi connectivity index (χ1n) is 4.14. The minimum atomic E-state index is -0.535. The van der Waals surface area contributed by atoms with E-state index in [0.717, 1.165) is 6.42 Å². The molecule has 1 heterocycles. The predicted molar refractivity (Wildman–Crippen MR) is 45.2 cm³/mol. The number of ether oxygens (including phenoxy) is 2. The van der Waals surface area contributed by atoms with E-state index in [1.54, 1.807) is 6.92 Å². The molecule has 1 fully saturated rings. The largest absolute Gasteiger partial charge is 0.465 e. The van der Waals surface area contributed by atoms with Gasteiger partial charge in [0.2, 0.25) is 0 Å². The van der Waals surface area contributed by atoms with Crippen LogP contribution in [0.25, 0.3) is 0 Å². The molecule has 1 aliphatic rings. The third-order valence-electron chi connectivity index (χ3n) is 1.89. The quantitative estimate of drug-likeness (QED) is 0.498. The molecule has 70 valence electrons. The van der Waals surface area contributed by atoms with Crippen LogP contribution in [-0.2, 0) is 14.3 Å². The van der Waals surface area contributed by atoms with Gasteiger partial charge in [-0.25, -0.2) is 0 Å². The lowest BCUT2D eigenvalue weighted by atomic mass is 10.1. The fourth-order valence-electron chi connectivity index (χ4n) is 1.20. The summed E-state index contributed by atoms with van der Waals surface area (Å²) in [5.41, 5.74) is 0. The predicted octanol–water partition coefficient (Wildman–Crippen LogP) is 1.19. The van der Waals surface area contributed by atoms with E-state index in [9.17, 15) is 4.79 Å². The smallest absolute Gasteiger partial charge is 0.324 e. The zero-order chi connectivity index (χ0) is 8.97. The summed E-state index contributed by atoms with van der Waals surface area (Å²) in [7, 11) is 0. The molecule has 1 aliphatic heterocycles. The van der Waals surface area contributed by atoms with Gasteiger partial charge in [-0.3, -0.25) is 4.79 Å². The molecule has 12 heavy (non-hydrogen) atoms. The fraction of sp³-hybridized carbons (Fsp3) is 0.875. The molecule has 0 spiro atoms. The van der Waals surface area contributed by atoms with Crippen molar-refractivity contribution in [2.75, 3.05) is 19.8 Å². The number of halogens is 1. The van der Waals surface area contributed by atoms with Crippen molar-refractivity contribution in [3.63, 3.8) is 0 Å². The van der Waals surface area contributed by atoms with Gasteiger partial charge < -0.3 is 9.47 Å². The normalized spacial score (nSPS) is 25.3. The van der Waals surface area contributed by atoms with E-state index in [1.807, 2.05) is 0 Å². The highest BCUT2D eigenvalue weighted by Gasteiger charge is 2.30. The van der Waals surface area contributed by atoms with E-state index >= 15 is 0 Å². The van der Waals surface area contributed by atoms with E-state index in [4.69, 9.17) is 21.1 Å². The molecule has 1 saturated heterocycles. The van der Waals surface area contributed by atoms with Crippen molar-refractivity contribution in [3.05, 3.63) is 0 Å². The summed E-state index contributed by atoms with van der Waals surface area (Å²) in [6, 6.07) is 0. The van der Waals surface area contributed by atoms with E-state index in [0.29, 0.717) is 19.8 Å². The van der Waals surface area contributed by atoms with Gasteiger partial charge in [0, 0.05) is 12.5 Å². The van der Waals surface area contributed by atoms with Crippen LogP contribution in [0.2, 0.25) is 0 Å². The summed E-state index contributed by atoms with van der Waals surface area (Å²) in [5, 5.41) is -0.535. The standard InChI is InChI=1S/C8H13ClO3/c1-2-12-8(10)7(9)6-3-4-11-5-6/h6-7H,2-5H2,1H3. The highest BCUT2D eigenvalue weighted by Crippen LogP contribution is 2.21. The molecule has 0 aromatic heterocycles. The van der Waals surface area contributed by atoms with Crippen molar-refractivity contribution in [3.8, 4) is 0 Å². The Hall–Kier alpha value is -0.280. The topological polar surface area (TPSA) is 35.5 Å². The minimum absolute atomic E-state index is 0.130. The summed E-state index contributed by atoms with van der Waals surface area (Å²) < 4.78 is 9.90. The number of carbonyl (C=O) groups is 1. The molecule has 4 heteroatoms. The average molecular weight is 193 g/mol. The summed E-state index contributed by atoms with van der Waals surface area (Å²) in [6.07, 6.45) is 0.854. The third kappa shape index (κ3) is 2.35. The Balaban J connectivity index is 2.34. The van der Waals surface area contributed by atoms with E-state index in [-0.39, 0.29) is 11.9 Å². The number of rotatable bonds is 3. The van der Waals surface area contributed by atoms with E-state index in [1.165, 1.54) is 0 Å². The molecule has 0 aliphatic carbocycles. The number of hydrogen-bond donors (Lipinski definition) is 0. The lowest BCUT2D eigenvalue weighted by Gasteiger charge is -2.13. The van der Waals surface area contributed by atoms with E-state index < -0.39 is 5.38 Å². The Kier molecular flexibility index (Phi) is 3.82. The van der Waals surface area contributed by atoms with Crippen LogP contribution in [0.1, 0.15) is 13.3 Å². The molecule has 0 radical (unpaired) electrons. The molecule has 0 N–H and O–H groups in total. The van der Waals surface area contributed by atoms with Crippen molar-refractivity contribution < 1.29 is 14.3 Å². The van der Waals surface area contributed by atoms with Crippen LogP contribution < -0.4 is 0 Å². The first-order valence-corrected chi connectivity index (χ1v) is 4.57. The molecule has 1 rings (SSSR count). The van der Waals surface area contributed by atoms with E-state index in [2.05, 4.69) is 0 Å². The van der Waals surface area contributed by atoms with Gasteiger partial charge in [-0.2, -0.15) is 0 Å². The molecule has 0 bridgehead atoms. The number of carbonyl (C=O) groups excluding carboxylic acids is 1. The van der Waals surface area contributed by atoms with Crippen molar-refractivity contribution in [1.29, 1.82) is 0 Å². The monoisotopic (exact) mass is 192 g/mol. The molecule has 3 nitrogen and oxygen atoms in total. The number of esters is 1. The summed E-state index contributed by atoms with van der Waals surface area (Å²) in [6.45, 7) is 3.43. The zero-order valence-corrected chi connectivity index (χ0v) is 7.84. The highest BCUT2D eigenvalue weighted by atomic mass is 35.5. The Morgan fingerprint density at radius 3 is 3.08 bits per heavy atom. The highest BCUT2D eigenvalue weighted by molar-refractivity contribution is 6.30. The first kappa shape index (κ1) is 9.81. The molecule has 2 atom stereocenters. The number of alkyl halides is 1. The van der Waals surface area contributed by atoms with Crippen molar-refractivity contribution >= 4 is 17.6 Å². The van der Waals surface area contributed by atoms with Gasteiger partial charge in [0.05, 0.1) is 13.2 Å². The van der Waals surface area contributed by atoms with Crippen LogP contribution >= 0.6 is 11.6 Å². The van der Waals surface area contributed by atoms with Gasteiger partial charge in [-0.15, -0.1) is 11.6 Å². The third-order valence-corrected chi connectivity index (χ3v) is 2.43. The summed E-state index contributed by atoms with van der Waals surface area (Å²) >= 11 is 5.86. The minimum Gasteiger partial charge on any atom is -0.465 e. The fourth-order valence-corrected chi connectivity index (χ4v) is 1.46. The number of hydrogen-bond acceptors (Lipinski definition) is 3. The van der Waals surface area contributed by atoms with Crippen LogP contribution in [0.5, 0.6) is 0 Å². The molecule has 0 aromatic rings. The van der Waals surface area contributed by atoms with Crippen LogP contribution in [0, 0.1) is 5.92 Å². The Morgan fingerprint density at radius 1 is 1.83 bits per heavy atom.